The van der Waals surface area contributed by atoms with E-state index in [4.69, 9.17) is 21.1 Å². The molecule has 0 fully saturated rings. The van der Waals surface area contributed by atoms with Crippen LogP contribution in [-0.2, 0) is 44.8 Å². The van der Waals surface area contributed by atoms with E-state index in [1.807, 2.05) is 6.92 Å². The second kappa shape index (κ2) is 22.4. The molecule has 0 radical (unpaired) electrons. The zero-order valence-corrected chi connectivity index (χ0v) is 28.6. The van der Waals surface area contributed by atoms with Gasteiger partial charge in [0, 0.05) is 41.1 Å². The number of carbonyl (C=O) groups excluding carboxylic acids is 4. The molecular formula is C29H44N6O12S2. The van der Waals surface area contributed by atoms with E-state index in [2.05, 4.69) is 33.9 Å². The third-order valence-corrected chi connectivity index (χ3v) is 8.53. The largest absolute Gasteiger partial charge is 0.480 e. The van der Waals surface area contributed by atoms with Gasteiger partial charge in [0.25, 0.3) is 0 Å². The summed E-state index contributed by atoms with van der Waals surface area (Å²) in [7, 11) is 0. The maximum atomic E-state index is 12.8. The fourth-order valence-corrected chi connectivity index (χ4v) is 5.76. The van der Waals surface area contributed by atoms with Gasteiger partial charge in [0.15, 0.2) is 0 Å². The Morgan fingerprint density at radius 3 is 1.90 bits per heavy atom. The summed E-state index contributed by atoms with van der Waals surface area (Å²) in [6, 6.07) is -3.26. The van der Waals surface area contributed by atoms with Gasteiger partial charge in [-0.05, 0) is 31.7 Å². The number of nitrogens with one attached hydrogen (secondary N) is 4. The van der Waals surface area contributed by atoms with Crippen molar-refractivity contribution in [1.29, 1.82) is 0 Å². The number of thioether (sulfide) groups is 1. The summed E-state index contributed by atoms with van der Waals surface area (Å²) in [5, 5.41) is 46.1. The monoisotopic (exact) mass is 732 g/mol. The fourth-order valence-electron chi connectivity index (χ4n) is 4.39. The minimum atomic E-state index is -1.32. The molecule has 18 nitrogen and oxygen atoms in total. The van der Waals surface area contributed by atoms with Gasteiger partial charge in [0.1, 0.15) is 37.3 Å². The summed E-state index contributed by atoms with van der Waals surface area (Å²) >= 11 is 5.13. The average Bonchev–Trinajstić information content (AvgIpc) is 3.43. The molecule has 0 aromatic carbocycles. The van der Waals surface area contributed by atoms with E-state index < -0.39 is 84.8 Å². The number of carbonyl (C=O) groups is 8. The van der Waals surface area contributed by atoms with Crippen LogP contribution in [0, 0.1) is 0 Å². The highest BCUT2D eigenvalue weighted by atomic mass is 32.2. The molecule has 0 spiro atoms. The predicted octanol–water partition coefficient (Wildman–Crippen LogP) is -0.788. The summed E-state index contributed by atoms with van der Waals surface area (Å²) in [6.07, 6.45) is 3.33. The molecule has 1 heterocycles. The lowest BCUT2D eigenvalue weighted by Crippen LogP contribution is -2.49. The molecule has 10 N–H and O–H groups in total. The third-order valence-electron chi connectivity index (χ3n) is 6.98. The highest BCUT2D eigenvalue weighted by Gasteiger charge is 2.28. The third kappa shape index (κ3) is 16.1. The Morgan fingerprint density at radius 2 is 1.39 bits per heavy atom. The predicted molar refractivity (Wildman–Crippen MR) is 178 cm³/mol. The van der Waals surface area contributed by atoms with Crippen LogP contribution in [0.25, 0.3) is 0 Å². The topological polar surface area (TPSA) is 297 Å². The Balaban J connectivity index is 3.18. The molecule has 1 aromatic rings. The van der Waals surface area contributed by atoms with E-state index in [9.17, 15) is 43.5 Å². The molecule has 0 aliphatic heterocycles. The number of aromatic nitrogens is 1. The number of thiol groups is 1. The minimum absolute atomic E-state index is 0.0951. The number of hydrogen-bond acceptors (Lipinski definition) is 11. The highest BCUT2D eigenvalue weighted by Crippen LogP contribution is 2.30. The summed E-state index contributed by atoms with van der Waals surface area (Å²) in [6.45, 7) is 0.615. The van der Waals surface area contributed by atoms with Gasteiger partial charge >= 0.3 is 23.9 Å². The van der Waals surface area contributed by atoms with Crippen molar-refractivity contribution in [3.63, 3.8) is 0 Å². The van der Waals surface area contributed by atoms with Crippen LogP contribution in [0.5, 0.6) is 0 Å². The average molecular weight is 733 g/mol. The van der Waals surface area contributed by atoms with Gasteiger partial charge in [-0.2, -0.15) is 12.6 Å². The second-order valence-electron chi connectivity index (χ2n) is 10.8. The zero-order valence-electron chi connectivity index (χ0n) is 26.9. The molecule has 0 aliphatic carbocycles. The van der Waals surface area contributed by atoms with Gasteiger partial charge in [0.05, 0.1) is 0 Å². The molecule has 20 heteroatoms. The molecule has 0 aliphatic rings. The van der Waals surface area contributed by atoms with Crippen molar-refractivity contribution in [3.05, 3.63) is 18.0 Å². The normalized spacial score (nSPS) is 13.3. The van der Waals surface area contributed by atoms with Crippen LogP contribution < -0.4 is 27.0 Å². The number of nitrogens with two attached hydrogens (primary N) is 1. The number of carboxylic acids is 4. The van der Waals surface area contributed by atoms with Crippen LogP contribution in [0.2, 0.25) is 0 Å². The van der Waals surface area contributed by atoms with E-state index >= 15 is 0 Å². The van der Waals surface area contributed by atoms with Crippen molar-refractivity contribution in [2.75, 3.05) is 24.6 Å². The van der Waals surface area contributed by atoms with Gasteiger partial charge < -0.3 is 52.0 Å². The van der Waals surface area contributed by atoms with Gasteiger partial charge in [0.2, 0.25) is 23.6 Å². The molecular weight excluding hydrogens is 688 g/mol. The lowest BCUT2D eigenvalue weighted by atomic mass is 10.1. The van der Waals surface area contributed by atoms with Gasteiger partial charge in [-0.15, -0.1) is 11.8 Å². The van der Waals surface area contributed by atoms with Gasteiger partial charge in [-0.25, -0.2) is 4.79 Å². The Kier molecular flexibility index (Phi) is 19.5. The van der Waals surface area contributed by atoms with Crippen LogP contribution >= 0.6 is 24.4 Å². The molecule has 0 unspecified atom stereocenters. The van der Waals surface area contributed by atoms with E-state index in [0.29, 0.717) is 23.4 Å². The first-order valence-corrected chi connectivity index (χ1v) is 16.9. The molecule has 0 saturated carbocycles. The molecule has 4 atom stereocenters. The maximum Gasteiger partial charge on any atom is 0.326 e. The van der Waals surface area contributed by atoms with Crippen molar-refractivity contribution in [1.82, 2.24) is 25.8 Å². The summed E-state index contributed by atoms with van der Waals surface area (Å²) in [5.41, 5.74) is 6.05. The van der Waals surface area contributed by atoms with Gasteiger partial charge in [-0.3, -0.25) is 33.6 Å². The number of hydrogen-bond donors (Lipinski definition) is 10. The molecule has 49 heavy (non-hydrogen) atoms. The smallest absolute Gasteiger partial charge is 0.326 e. The van der Waals surface area contributed by atoms with Crippen LogP contribution in [0.1, 0.15) is 63.6 Å². The Bertz CT molecular complexity index is 1340. The van der Waals surface area contributed by atoms with E-state index in [1.54, 1.807) is 6.07 Å². The summed E-state index contributed by atoms with van der Waals surface area (Å²) in [4.78, 5) is 95.9. The SMILES string of the molecule is CCCCCc1c(SC[C@@H](NC(=O)CC[C@H](N)C(=O)O)C(=O)NCC(=O)O)ccn1[C@@H](CCC(=O)N[C@H](CS)C(=O)NCC(=O)O)C(=O)O. The summed E-state index contributed by atoms with van der Waals surface area (Å²) in [5.74, 6) is -8.26. The maximum absolute atomic E-state index is 12.8. The van der Waals surface area contributed by atoms with Crippen LogP contribution in [0.3, 0.4) is 0 Å². The van der Waals surface area contributed by atoms with Crippen molar-refractivity contribution >= 4 is 71.9 Å². The number of aliphatic carboxylic acids is 4. The van der Waals surface area contributed by atoms with Crippen molar-refractivity contribution in [2.45, 2.75) is 87.4 Å². The number of amides is 4. The standard InChI is InChI=1S/C29H44N6O12S2/c1-2-3-4-5-19-21(49-15-18(27(43)32-13-25(40)41)34-22(36)8-6-16(30)28(44)45)10-11-35(19)20(29(46)47)7-9-23(37)33-17(14-48)26(42)31-12-24(38)39/h10-11,16-18,20,48H,2-9,12-15,30H2,1H3,(H,31,42)(H,32,43)(H,33,37)(H,34,36)(H,38,39)(H,40,41)(H,44,45)(H,46,47)/t16-,17+,18+,20-/m0/s1. The lowest BCUT2D eigenvalue weighted by Gasteiger charge is -2.21. The second-order valence-corrected chi connectivity index (χ2v) is 12.3. The quantitative estimate of drug-likeness (QED) is 0.0335. The first-order valence-electron chi connectivity index (χ1n) is 15.3. The van der Waals surface area contributed by atoms with Crippen LogP contribution in [-0.4, -0.2) is 115 Å². The van der Waals surface area contributed by atoms with Crippen molar-refractivity contribution < 1.29 is 58.8 Å². The lowest BCUT2D eigenvalue weighted by molar-refractivity contribution is -0.142. The van der Waals surface area contributed by atoms with Crippen molar-refractivity contribution in [3.8, 4) is 0 Å². The Labute approximate surface area is 291 Å². The number of unbranched alkanes of at least 4 members (excludes halogenated alkanes) is 2. The molecule has 0 bridgehead atoms. The molecule has 1 aromatic heterocycles. The minimum Gasteiger partial charge on any atom is -0.480 e. The Hall–Kier alpha value is -4.30. The van der Waals surface area contributed by atoms with Crippen LogP contribution in [0.15, 0.2) is 17.2 Å². The molecule has 1 rings (SSSR count). The first kappa shape index (κ1) is 42.7. The van der Waals surface area contributed by atoms with E-state index in [-0.39, 0.29) is 37.2 Å². The summed E-state index contributed by atoms with van der Waals surface area (Å²) < 4.78 is 1.51. The number of nitrogens with zero attached hydrogens (tertiary/aromatic N) is 1. The van der Waals surface area contributed by atoms with E-state index in [1.165, 1.54) is 10.8 Å². The number of carboxylic acid groups (broad SMARTS) is 4. The van der Waals surface area contributed by atoms with Crippen molar-refractivity contribution in [2.24, 2.45) is 5.73 Å². The zero-order chi connectivity index (χ0) is 37.1. The molecule has 4 amide bonds. The number of rotatable bonds is 25. The first-order chi connectivity index (χ1) is 23.1. The highest BCUT2D eigenvalue weighted by molar-refractivity contribution is 7.99. The van der Waals surface area contributed by atoms with Gasteiger partial charge in [-0.1, -0.05) is 19.8 Å². The fraction of sp³-hybridized carbons (Fsp3) is 0.586. The Morgan fingerprint density at radius 1 is 0.837 bits per heavy atom. The molecule has 0 saturated heterocycles. The van der Waals surface area contributed by atoms with Crippen LogP contribution in [0.4, 0.5) is 0 Å². The van der Waals surface area contributed by atoms with E-state index in [0.717, 1.165) is 24.6 Å². The molecule has 274 valence electrons.